The number of likely N-dealkylation sites (tertiary alicyclic amines) is 1. The largest absolute Gasteiger partial charge is 0.444 e. The number of halogens is 1. The summed E-state index contributed by atoms with van der Waals surface area (Å²) in [6.45, 7) is 10.3. The Balaban J connectivity index is 2.41. The number of carbonyl (C=O) groups is 2. The lowest BCUT2D eigenvalue weighted by Crippen LogP contribution is -2.44. The van der Waals surface area contributed by atoms with Crippen molar-refractivity contribution in [3.05, 3.63) is 0 Å². The fraction of sp³-hybridized carbons (Fsp3) is 0.867. The molecule has 1 heterocycles. The summed E-state index contributed by atoms with van der Waals surface area (Å²) in [5, 5.41) is 0. The third kappa shape index (κ3) is 6.12. The Morgan fingerprint density at radius 1 is 1.29 bits per heavy atom. The van der Waals surface area contributed by atoms with Gasteiger partial charge in [0, 0.05) is 26.2 Å². The van der Waals surface area contributed by atoms with Gasteiger partial charge in [-0.3, -0.25) is 4.79 Å². The summed E-state index contributed by atoms with van der Waals surface area (Å²) < 4.78 is 5.38. The smallest absolute Gasteiger partial charge is 0.410 e. The highest BCUT2D eigenvalue weighted by molar-refractivity contribution is 6.27. The average molecular weight is 319 g/mol. The molecule has 0 N–H and O–H groups in total. The second kappa shape index (κ2) is 7.87. The molecule has 1 rings (SSSR count). The number of alkyl halides is 1. The number of piperidine rings is 1. The summed E-state index contributed by atoms with van der Waals surface area (Å²) >= 11 is 5.61. The van der Waals surface area contributed by atoms with E-state index >= 15 is 0 Å². The number of rotatable bonds is 4. The van der Waals surface area contributed by atoms with E-state index in [0.717, 1.165) is 19.4 Å². The lowest BCUT2D eigenvalue weighted by Gasteiger charge is -2.35. The highest BCUT2D eigenvalue weighted by Crippen LogP contribution is 2.20. The molecule has 2 amide bonds. The van der Waals surface area contributed by atoms with Crippen LogP contribution in [0.3, 0.4) is 0 Å². The minimum atomic E-state index is -0.459. The SMILES string of the molecule is CCN(CC1CCN(C(=O)OC(C)(C)C)CC1)C(=O)CCl. The molecular formula is C15H27ClN2O3. The van der Waals surface area contributed by atoms with Crippen LogP contribution in [0.5, 0.6) is 0 Å². The number of carbonyl (C=O) groups excluding carboxylic acids is 2. The first-order valence-electron chi connectivity index (χ1n) is 7.58. The van der Waals surface area contributed by atoms with Crippen molar-refractivity contribution < 1.29 is 14.3 Å². The Bertz CT molecular complexity index is 360. The molecule has 0 aromatic rings. The van der Waals surface area contributed by atoms with Crippen LogP contribution < -0.4 is 0 Å². The quantitative estimate of drug-likeness (QED) is 0.749. The molecule has 0 radical (unpaired) electrons. The molecule has 0 spiro atoms. The van der Waals surface area contributed by atoms with Crippen LogP contribution in [0.4, 0.5) is 4.79 Å². The predicted molar refractivity (Wildman–Crippen MR) is 83.5 cm³/mol. The first-order chi connectivity index (χ1) is 9.76. The van der Waals surface area contributed by atoms with Crippen molar-refractivity contribution >= 4 is 23.6 Å². The van der Waals surface area contributed by atoms with Gasteiger partial charge in [0.15, 0.2) is 0 Å². The van der Waals surface area contributed by atoms with Gasteiger partial charge in [-0.25, -0.2) is 4.79 Å². The molecule has 0 aliphatic carbocycles. The first-order valence-corrected chi connectivity index (χ1v) is 8.12. The van der Waals surface area contributed by atoms with E-state index in [-0.39, 0.29) is 17.9 Å². The van der Waals surface area contributed by atoms with Crippen LogP contribution in [0.1, 0.15) is 40.5 Å². The van der Waals surface area contributed by atoms with E-state index < -0.39 is 5.60 Å². The third-order valence-corrected chi connectivity index (χ3v) is 3.82. The van der Waals surface area contributed by atoms with Gasteiger partial charge in [-0.05, 0) is 46.5 Å². The normalized spacial score (nSPS) is 16.7. The maximum atomic E-state index is 12.0. The summed E-state index contributed by atoms with van der Waals surface area (Å²) in [5.74, 6) is 0.439. The van der Waals surface area contributed by atoms with E-state index in [2.05, 4.69) is 0 Å². The molecule has 5 nitrogen and oxygen atoms in total. The van der Waals surface area contributed by atoms with E-state index in [1.807, 2.05) is 27.7 Å². The van der Waals surface area contributed by atoms with Crippen LogP contribution in [0.25, 0.3) is 0 Å². The van der Waals surface area contributed by atoms with Crippen LogP contribution in [0, 0.1) is 5.92 Å². The van der Waals surface area contributed by atoms with Gasteiger partial charge < -0.3 is 14.5 Å². The zero-order valence-corrected chi connectivity index (χ0v) is 14.3. The molecule has 0 aromatic heterocycles. The predicted octanol–water partition coefficient (Wildman–Crippen LogP) is 2.72. The number of nitrogens with zero attached hydrogens (tertiary/aromatic N) is 2. The van der Waals surface area contributed by atoms with Crippen LogP contribution in [-0.2, 0) is 9.53 Å². The fourth-order valence-corrected chi connectivity index (χ4v) is 2.60. The van der Waals surface area contributed by atoms with Gasteiger partial charge in [-0.15, -0.1) is 11.6 Å². The standard InChI is InChI=1S/C15H27ClN2O3/c1-5-17(13(19)10-16)11-12-6-8-18(9-7-12)14(20)21-15(2,3)4/h12H,5-11H2,1-4H3. The van der Waals surface area contributed by atoms with E-state index in [9.17, 15) is 9.59 Å². The van der Waals surface area contributed by atoms with Gasteiger partial charge in [0.25, 0.3) is 0 Å². The van der Waals surface area contributed by atoms with Crippen molar-refractivity contribution in [1.29, 1.82) is 0 Å². The molecule has 0 aromatic carbocycles. The van der Waals surface area contributed by atoms with Crippen molar-refractivity contribution in [2.75, 3.05) is 32.1 Å². The summed E-state index contributed by atoms with van der Waals surface area (Å²) in [6.07, 6.45) is 1.54. The minimum Gasteiger partial charge on any atom is -0.444 e. The molecule has 0 bridgehead atoms. The Kier molecular flexibility index (Phi) is 6.78. The molecular weight excluding hydrogens is 292 g/mol. The topological polar surface area (TPSA) is 49.9 Å². The third-order valence-electron chi connectivity index (χ3n) is 3.59. The van der Waals surface area contributed by atoms with Crippen molar-refractivity contribution in [1.82, 2.24) is 9.80 Å². The molecule has 6 heteroatoms. The summed E-state index contributed by atoms with van der Waals surface area (Å²) in [6, 6.07) is 0. The first kappa shape index (κ1) is 18.1. The molecule has 0 unspecified atom stereocenters. The minimum absolute atomic E-state index is 0.0197. The van der Waals surface area contributed by atoms with Crippen molar-refractivity contribution in [2.45, 2.75) is 46.1 Å². The zero-order chi connectivity index (χ0) is 16.0. The Morgan fingerprint density at radius 2 is 1.86 bits per heavy atom. The fourth-order valence-electron chi connectivity index (χ4n) is 2.43. The van der Waals surface area contributed by atoms with Crippen LogP contribution in [0.15, 0.2) is 0 Å². The van der Waals surface area contributed by atoms with Crippen LogP contribution >= 0.6 is 11.6 Å². The van der Waals surface area contributed by atoms with E-state index in [0.29, 0.717) is 25.6 Å². The van der Waals surface area contributed by atoms with Gasteiger partial charge in [0.1, 0.15) is 11.5 Å². The number of amides is 2. The van der Waals surface area contributed by atoms with Crippen molar-refractivity contribution in [2.24, 2.45) is 5.92 Å². The number of hydrogen-bond donors (Lipinski definition) is 0. The molecule has 0 saturated carbocycles. The average Bonchev–Trinajstić information content (AvgIpc) is 2.42. The maximum Gasteiger partial charge on any atom is 0.410 e. The molecule has 0 atom stereocenters. The highest BCUT2D eigenvalue weighted by Gasteiger charge is 2.28. The van der Waals surface area contributed by atoms with Crippen LogP contribution in [-0.4, -0.2) is 59.5 Å². The second-order valence-electron chi connectivity index (χ2n) is 6.48. The molecule has 21 heavy (non-hydrogen) atoms. The second-order valence-corrected chi connectivity index (χ2v) is 6.74. The van der Waals surface area contributed by atoms with Gasteiger partial charge in [0.2, 0.25) is 5.91 Å². The van der Waals surface area contributed by atoms with Crippen molar-refractivity contribution in [3.8, 4) is 0 Å². The Hall–Kier alpha value is -0.970. The van der Waals surface area contributed by atoms with E-state index in [1.54, 1.807) is 9.80 Å². The number of ether oxygens (including phenoxy) is 1. The van der Waals surface area contributed by atoms with E-state index in [4.69, 9.17) is 16.3 Å². The Labute approximate surface area is 132 Å². The van der Waals surface area contributed by atoms with Gasteiger partial charge in [0.05, 0.1) is 0 Å². The Morgan fingerprint density at radius 3 is 2.29 bits per heavy atom. The highest BCUT2D eigenvalue weighted by atomic mass is 35.5. The lowest BCUT2D eigenvalue weighted by molar-refractivity contribution is -0.129. The van der Waals surface area contributed by atoms with E-state index in [1.165, 1.54) is 0 Å². The monoisotopic (exact) mass is 318 g/mol. The van der Waals surface area contributed by atoms with Gasteiger partial charge >= 0.3 is 6.09 Å². The summed E-state index contributed by atoms with van der Waals surface area (Å²) in [7, 11) is 0. The zero-order valence-electron chi connectivity index (χ0n) is 13.5. The molecule has 1 aliphatic heterocycles. The summed E-state index contributed by atoms with van der Waals surface area (Å²) in [5.41, 5.74) is -0.459. The number of hydrogen-bond acceptors (Lipinski definition) is 3. The molecule has 1 aliphatic rings. The van der Waals surface area contributed by atoms with Crippen molar-refractivity contribution in [3.63, 3.8) is 0 Å². The lowest BCUT2D eigenvalue weighted by atomic mass is 9.96. The molecule has 1 fully saturated rings. The molecule has 1 saturated heterocycles. The van der Waals surface area contributed by atoms with Crippen LogP contribution in [0.2, 0.25) is 0 Å². The van der Waals surface area contributed by atoms with Gasteiger partial charge in [-0.2, -0.15) is 0 Å². The summed E-state index contributed by atoms with van der Waals surface area (Å²) in [4.78, 5) is 27.2. The molecule has 122 valence electrons. The van der Waals surface area contributed by atoms with Gasteiger partial charge in [-0.1, -0.05) is 0 Å². The maximum absolute atomic E-state index is 12.0.